The minimum Gasteiger partial charge on any atom is -0.299 e. The van der Waals surface area contributed by atoms with Crippen molar-refractivity contribution in [2.24, 2.45) is 0 Å². The summed E-state index contributed by atoms with van der Waals surface area (Å²) in [5, 5.41) is 10.3. The summed E-state index contributed by atoms with van der Waals surface area (Å²) in [7, 11) is 0. The molecule has 0 aliphatic carbocycles. The normalized spacial score (nSPS) is 10.4. The molecule has 0 saturated heterocycles. The first-order chi connectivity index (χ1) is 6.63. The summed E-state index contributed by atoms with van der Waals surface area (Å²) in [6.07, 6.45) is 2.94. The predicted octanol–water partition coefficient (Wildman–Crippen LogP) is 1.95. The molecular weight excluding hydrogens is 189 g/mol. The number of carbonyl (C=O) groups excluding carboxylic acids is 1. The first kappa shape index (κ1) is 10.0. The van der Waals surface area contributed by atoms with E-state index in [2.05, 4.69) is 0 Å². The smallest absolute Gasteiger partial charge is 0.272 e. The molecule has 1 rings (SSSR count). The van der Waals surface area contributed by atoms with Crippen LogP contribution < -0.4 is 0 Å². The van der Waals surface area contributed by atoms with Crippen LogP contribution in [0, 0.1) is 15.9 Å². The second-order valence-electron chi connectivity index (χ2n) is 2.50. The monoisotopic (exact) mass is 195 g/mol. The predicted molar refractivity (Wildman–Crippen MR) is 48.2 cm³/mol. The number of carbonyl (C=O) groups is 1. The first-order valence-corrected chi connectivity index (χ1v) is 3.70. The van der Waals surface area contributed by atoms with Crippen LogP contribution in [0.25, 0.3) is 6.08 Å². The van der Waals surface area contributed by atoms with Crippen LogP contribution in [-0.4, -0.2) is 11.2 Å². The van der Waals surface area contributed by atoms with E-state index in [1.807, 2.05) is 0 Å². The molecule has 0 heterocycles. The lowest BCUT2D eigenvalue weighted by atomic mass is 10.2. The molecule has 0 saturated carbocycles. The molecule has 1 aromatic rings. The third-order valence-corrected chi connectivity index (χ3v) is 1.48. The molecule has 0 radical (unpaired) electrons. The molecule has 0 spiro atoms. The Kier molecular flexibility index (Phi) is 3.06. The van der Waals surface area contributed by atoms with Crippen LogP contribution in [0.15, 0.2) is 24.3 Å². The van der Waals surface area contributed by atoms with Crippen molar-refractivity contribution in [2.75, 3.05) is 0 Å². The zero-order valence-electron chi connectivity index (χ0n) is 7.01. The summed E-state index contributed by atoms with van der Waals surface area (Å²) in [5.74, 6) is -0.704. The van der Waals surface area contributed by atoms with Gasteiger partial charge in [0.25, 0.3) is 5.69 Å². The van der Waals surface area contributed by atoms with Crippen molar-refractivity contribution in [3.05, 3.63) is 45.8 Å². The number of benzene rings is 1. The van der Waals surface area contributed by atoms with Gasteiger partial charge in [0.1, 0.15) is 12.1 Å². The summed E-state index contributed by atoms with van der Waals surface area (Å²) in [4.78, 5) is 19.6. The minimum atomic E-state index is -0.704. The SMILES string of the molecule is O=CC=Cc1cc(F)cc([N+](=O)[O-])c1. The highest BCUT2D eigenvalue weighted by atomic mass is 19.1. The van der Waals surface area contributed by atoms with E-state index in [9.17, 15) is 19.3 Å². The van der Waals surface area contributed by atoms with Crippen molar-refractivity contribution in [3.63, 3.8) is 0 Å². The maximum Gasteiger partial charge on any atom is 0.272 e. The number of nitrogens with zero attached hydrogens (tertiary/aromatic N) is 1. The molecule has 0 N–H and O–H groups in total. The average molecular weight is 195 g/mol. The minimum absolute atomic E-state index is 0.281. The van der Waals surface area contributed by atoms with Gasteiger partial charge in [-0.05, 0) is 17.7 Å². The van der Waals surface area contributed by atoms with Crippen LogP contribution >= 0.6 is 0 Å². The van der Waals surface area contributed by atoms with E-state index in [0.29, 0.717) is 6.29 Å². The fourth-order valence-corrected chi connectivity index (χ4v) is 0.948. The molecule has 5 heteroatoms. The molecule has 0 bridgehead atoms. The van der Waals surface area contributed by atoms with Crippen molar-refractivity contribution in [1.29, 1.82) is 0 Å². The average Bonchev–Trinajstić information content (AvgIpc) is 2.14. The van der Waals surface area contributed by atoms with Gasteiger partial charge < -0.3 is 0 Å². The van der Waals surface area contributed by atoms with E-state index in [0.717, 1.165) is 18.2 Å². The summed E-state index contributed by atoms with van der Waals surface area (Å²) in [6, 6.07) is 3.11. The van der Waals surface area contributed by atoms with Crippen LogP contribution in [0.1, 0.15) is 5.56 Å². The summed E-state index contributed by atoms with van der Waals surface area (Å²) >= 11 is 0. The molecule has 4 nitrogen and oxygen atoms in total. The Morgan fingerprint density at radius 1 is 1.36 bits per heavy atom. The summed E-state index contributed by atoms with van der Waals surface area (Å²) in [6.45, 7) is 0. The molecule has 0 atom stereocenters. The highest BCUT2D eigenvalue weighted by Crippen LogP contribution is 2.16. The summed E-state index contributed by atoms with van der Waals surface area (Å²) in [5.41, 5.74) is -0.0562. The summed E-state index contributed by atoms with van der Waals surface area (Å²) < 4.78 is 12.8. The number of rotatable bonds is 3. The Morgan fingerprint density at radius 2 is 2.07 bits per heavy atom. The number of non-ortho nitro benzene ring substituents is 1. The highest BCUT2D eigenvalue weighted by Gasteiger charge is 2.07. The van der Waals surface area contributed by atoms with Gasteiger partial charge in [-0.25, -0.2) is 4.39 Å². The Morgan fingerprint density at radius 3 is 2.64 bits per heavy atom. The van der Waals surface area contributed by atoms with Gasteiger partial charge in [-0.15, -0.1) is 0 Å². The van der Waals surface area contributed by atoms with Crippen LogP contribution in [0.3, 0.4) is 0 Å². The largest absolute Gasteiger partial charge is 0.299 e. The lowest BCUT2D eigenvalue weighted by molar-refractivity contribution is -0.385. The number of allylic oxidation sites excluding steroid dienone is 1. The molecule has 0 aliphatic rings. The van der Waals surface area contributed by atoms with E-state index in [4.69, 9.17) is 0 Å². The molecule has 0 amide bonds. The zero-order chi connectivity index (χ0) is 10.6. The lowest BCUT2D eigenvalue weighted by Crippen LogP contribution is -1.90. The number of halogens is 1. The first-order valence-electron chi connectivity index (χ1n) is 3.70. The Balaban J connectivity index is 3.13. The van der Waals surface area contributed by atoms with E-state index in [-0.39, 0.29) is 11.3 Å². The van der Waals surface area contributed by atoms with Crippen LogP contribution in [0.5, 0.6) is 0 Å². The van der Waals surface area contributed by atoms with Gasteiger partial charge in [-0.2, -0.15) is 0 Å². The Hall–Kier alpha value is -2.04. The van der Waals surface area contributed by atoms with E-state index in [1.165, 1.54) is 12.1 Å². The lowest BCUT2D eigenvalue weighted by Gasteiger charge is -1.94. The third kappa shape index (κ3) is 2.48. The maximum absolute atomic E-state index is 12.8. The van der Waals surface area contributed by atoms with Gasteiger partial charge in [-0.3, -0.25) is 14.9 Å². The van der Waals surface area contributed by atoms with Crippen LogP contribution in [-0.2, 0) is 4.79 Å². The van der Waals surface area contributed by atoms with Crippen molar-refractivity contribution in [1.82, 2.24) is 0 Å². The molecule has 72 valence electrons. The molecule has 0 unspecified atom stereocenters. The number of aldehydes is 1. The number of hydrogen-bond donors (Lipinski definition) is 0. The van der Waals surface area contributed by atoms with Crippen molar-refractivity contribution in [2.45, 2.75) is 0 Å². The second-order valence-corrected chi connectivity index (χ2v) is 2.50. The van der Waals surface area contributed by atoms with Gasteiger partial charge >= 0.3 is 0 Å². The van der Waals surface area contributed by atoms with E-state index < -0.39 is 10.7 Å². The molecule has 1 aromatic carbocycles. The van der Waals surface area contributed by atoms with Crippen molar-refractivity contribution >= 4 is 18.0 Å². The van der Waals surface area contributed by atoms with Gasteiger partial charge in [-0.1, -0.05) is 6.08 Å². The molecular formula is C9H6FNO3. The zero-order valence-corrected chi connectivity index (χ0v) is 7.01. The van der Waals surface area contributed by atoms with Crippen molar-refractivity contribution in [3.8, 4) is 0 Å². The third-order valence-electron chi connectivity index (χ3n) is 1.48. The van der Waals surface area contributed by atoms with Gasteiger partial charge in [0.2, 0.25) is 0 Å². The number of nitro groups is 1. The van der Waals surface area contributed by atoms with E-state index in [1.54, 1.807) is 0 Å². The second kappa shape index (κ2) is 4.27. The molecule has 0 fully saturated rings. The van der Waals surface area contributed by atoms with Gasteiger partial charge in [0.15, 0.2) is 0 Å². The Bertz CT molecular complexity index is 401. The van der Waals surface area contributed by atoms with Crippen LogP contribution in [0.2, 0.25) is 0 Å². The molecule has 0 aliphatic heterocycles. The number of nitro benzene ring substituents is 1. The van der Waals surface area contributed by atoms with Gasteiger partial charge in [0.05, 0.1) is 11.0 Å². The highest BCUT2D eigenvalue weighted by molar-refractivity contribution is 5.74. The topological polar surface area (TPSA) is 60.2 Å². The van der Waals surface area contributed by atoms with Gasteiger partial charge in [0, 0.05) is 6.07 Å². The Labute approximate surface area is 78.8 Å². The standard InChI is InChI=1S/C9H6FNO3/c10-8-4-7(2-1-3-12)5-9(6-8)11(13)14/h1-6H. The fraction of sp³-hybridized carbons (Fsp3) is 0. The van der Waals surface area contributed by atoms with Crippen molar-refractivity contribution < 1.29 is 14.1 Å². The fourth-order valence-electron chi connectivity index (χ4n) is 0.948. The quantitative estimate of drug-likeness (QED) is 0.320. The molecule has 14 heavy (non-hydrogen) atoms. The van der Waals surface area contributed by atoms with Crippen LogP contribution in [0.4, 0.5) is 10.1 Å². The number of hydrogen-bond acceptors (Lipinski definition) is 3. The molecule has 0 aromatic heterocycles. The van der Waals surface area contributed by atoms with E-state index >= 15 is 0 Å². The maximum atomic E-state index is 12.8.